The molecule has 0 radical (unpaired) electrons. The third-order valence-corrected chi connectivity index (χ3v) is 6.45. The second-order valence-corrected chi connectivity index (χ2v) is 10.2. The number of hydrogen-bond donors (Lipinski definition) is 1. The predicted molar refractivity (Wildman–Crippen MR) is 119 cm³/mol. The van der Waals surface area contributed by atoms with Crippen LogP contribution < -0.4 is 0 Å². The molecule has 1 N–H and O–H groups in total. The number of aliphatic hydroxyl groups is 1. The van der Waals surface area contributed by atoms with Gasteiger partial charge in [0, 0.05) is 0 Å². The molecule has 0 amide bonds. The summed E-state index contributed by atoms with van der Waals surface area (Å²) in [4.78, 5) is 0. The molecule has 0 saturated heterocycles. The van der Waals surface area contributed by atoms with E-state index in [4.69, 9.17) is 0 Å². The highest BCUT2D eigenvalue weighted by molar-refractivity contribution is 4.63. The highest BCUT2D eigenvalue weighted by Crippen LogP contribution is 2.23. The molecular weight excluding hydrogens is 316 g/mol. The maximum Gasteiger partial charge on any atom is 0.0537 e. The summed E-state index contributed by atoms with van der Waals surface area (Å²) in [6.07, 6.45) is 16.4. The Morgan fingerprint density at radius 2 is 0.769 bits per heavy atom. The van der Waals surface area contributed by atoms with Gasteiger partial charge in [-0.15, -0.1) is 0 Å². The molecule has 0 aliphatic rings. The number of aliphatic hydroxyl groups excluding tert-OH is 1. The van der Waals surface area contributed by atoms with Gasteiger partial charge in [0.1, 0.15) is 0 Å². The van der Waals surface area contributed by atoms with E-state index < -0.39 is 0 Å². The standard InChI is InChI=1S/C25H52O/c1-20(2)12-8-13-21(3)14-9-15-22(4)16-10-17-23(5)18-11-19-24(6)25(7)26/h20-26H,8-19H2,1-7H3. The summed E-state index contributed by atoms with van der Waals surface area (Å²) in [5.41, 5.74) is 0. The second-order valence-electron chi connectivity index (χ2n) is 10.2. The minimum Gasteiger partial charge on any atom is -0.393 e. The average Bonchev–Trinajstić information content (AvgIpc) is 2.54. The van der Waals surface area contributed by atoms with Gasteiger partial charge >= 0.3 is 0 Å². The molecule has 26 heavy (non-hydrogen) atoms. The lowest BCUT2D eigenvalue weighted by molar-refractivity contribution is 0.127. The third kappa shape index (κ3) is 16.2. The van der Waals surface area contributed by atoms with Gasteiger partial charge in [0.15, 0.2) is 0 Å². The van der Waals surface area contributed by atoms with Crippen LogP contribution in [0.15, 0.2) is 0 Å². The van der Waals surface area contributed by atoms with Crippen molar-refractivity contribution >= 4 is 0 Å². The highest BCUT2D eigenvalue weighted by atomic mass is 16.3. The molecule has 0 spiro atoms. The first-order valence-corrected chi connectivity index (χ1v) is 11.9. The molecule has 0 aliphatic heterocycles. The summed E-state index contributed by atoms with van der Waals surface area (Å²) < 4.78 is 0. The van der Waals surface area contributed by atoms with Gasteiger partial charge in [0.2, 0.25) is 0 Å². The summed E-state index contributed by atoms with van der Waals surface area (Å²) in [5.74, 6) is 4.00. The van der Waals surface area contributed by atoms with E-state index in [1.54, 1.807) is 0 Å². The zero-order valence-corrected chi connectivity index (χ0v) is 19.4. The molecule has 5 atom stereocenters. The second kappa shape index (κ2) is 16.0. The van der Waals surface area contributed by atoms with E-state index in [2.05, 4.69) is 41.5 Å². The fraction of sp³-hybridized carbons (Fsp3) is 1.00. The molecule has 0 saturated carbocycles. The molecule has 0 rings (SSSR count). The van der Waals surface area contributed by atoms with Gasteiger partial charge in [-0.3, -0.25) is 0 Å². The maximum atomic E-state index is 9.56. The van der Waals surface area contributed by atoms with Crippen LogP contribution in [0.4, 0.5) is 0 Å². The fourth-order valence-electron chi connectivity index (χ4n) is 3.97. The maximum absolute atomic E-state index is 9.56. The summed E-state index contributed by atoms with van der Waals surface area (Å²) in [6, 6.07) is 0. The lowest BCUT2D eigenvalue weighted by atomic mass is 9.89. The molecule has 1 nitrogen and oxygen atoms in total. The Balaban J connectivity index is 3.56. The number of rotatable bonds is 17. The molecule has 1 heteroatoms. The van der Waals surface area contributed by atoms with Crippen molar-refractivity contribution in [2.75, 3.05) is 0 Å². The first-order valence-electron chi connectivity index (χ1n) is 11.9. The Bertz CT molecular complexity index is 297. The lowest BCUT2D eigenvalue weighted by Crippen LogP contribution is -2.13. The van der Waals surface area contributed by atoms with Crippen LogP contribution in [0.5, 0.6) is 0 Å². The van der Waals surface area contributed by atoms with Gasteiger partial charge in [-0.05, 0) is 42.9 Å². The smallest absolute Gasteiger partial charge is 0.0537 e. The minimum atomic E-state index is -0.149. The molecule has 0 aromatic rings. The van der Waals surface area contributed by atoms with E-state index in [0.717, 1.165) is 23.7 Å². The zero-order valence-electron chi connectivity index (χ0n) is 19.4. The normalized spacial score (nSPS) is 17.9. The van der Waals surface area contributed by atoms with Gasteiger partial charge in [0.25, 0.3) is 0 Å². The van der Waals surface area contributed by atoms with E-state index in [0.29, 0.717) is 5.92 Å². The molecule has 0 aromatic heterocycles. The Morgan fingerprint density at radius 1 is 0.462 bits per heavy atom. The van der Waals surface area contributed by atoms with Crippen LogP contribution in [0.3, 0.4) is 0 Å². The predicted octanol–water partition coefficient (Wildman–Crippen LogP) is 8.25. The van der Waals surface area contributed by atoms with Gasteiger partial charge in [-0.25, -0.2) is 0 Å². The topological polar surface area (TPSA) is 20.2 Å². The fourth-order valence-corrected chi connectivity index (χ4v) is 3.97. The monoisotopic (exact) mass is 368 g/mol. The van der Waals surface area contributed by atoms with Gasteiger partial charge in [-0.1, -0.05) is 112 Å². The van der Waals surface area contributed by atoms with Crippen LogP contribution in [-0.2, 0) is 0 Å². The lowest BCUT2D eigenvalue weighted by Gasteiger charge is -2.17. The SMILES string of the molecule is CC(C)CCCC(C)CCCC(C)CCCC(C)CCCC(C)C(C)O. The van der Waals surface area contributed by atoms with Gasteiger partial charge in [-0.2, -0.15) is 0 Å². The molecule has 0 heterocycles. The van der Waals surface area contributed by atoms with Crippen molar-refractivity contribution in [1.29, 1.82) is 0 Å². The minimum absolute atomic E-state index is 0.149. The largest absolute Gasteiger partial charge is 0.393 e. The molecule has 0 aromatic carbocycles. The van der Waals surface area contributed by atoms with E-state index in [1.165, 1.54) is 77.0 Å². The van der Waals surface area contributed by atoms with E-state index in [1.807, 2.05) is 6.92 Å². The van der Waals surface area contributed by atoms with Crippen LogP contribution in [0.25, 0.3) is 0 Å². The summed E-state index contributed by atoms with van der Waals surface area (Å²) in [6.45, 7) is 16.1. The summed E-state index contributed by atoms with van der Waals surface area (Å²) >= 11 is 0. The first kappa shape index (κ1) is 26.0. The van der Waals surface area contributed by atoms with Crippen LogP contribution in [0.1, 0.15) is 126 Å². The molecule has 0 aliphatic carbocycles. The Labute approximate surface area is 166 Å². The van der Waals surface area contributed by atoms with Crippen LogP contribution in [0, 0.1) is 29.6 Å². The van der Waals surface area contributed by atoms with Crippen LogP contribution in [-0.4, -0.2) is 11.2 Å². The van der Waals surface area contributed by atoms with Crippen LogP contribution in [0.2, 0.25) is 0 Å². The van der Waals surface area contributed by atoms with Crippen molar-refractivity contribution in [3.8, 4) is 0 Å². The van der Waals surface area contributed by atoms with Crippen molar-refractivity contribution in [2.45, 2.75) is 132 Å². The Kier molecular flexibility index (Phi) is 15.9. The van der Waals surface area contributed by atoms with Crippen molar-refractivity contribution in [1.82, 2.24) is 0 Å². The first-order chi connectivity index (χ1) is 12.2. The van der Waals surface area contributed by atoms with Crippen molar-refractivity contribution in [2.24, 2.45) is 29.6 Å². The van der Waals surface area contributed by atoms with E-state index >= 15 is 0 Å². The van der Waals surface area contributed by atoms with Gasteiger partial charge < -0.3 is 5.11 Å². The van der Waals surface area contributed by atoms with Crippen LogP contribution >= 0.6 is 0 Å². The van der Waals surface area contributed by atoms with Crippen molar-refractivity contribution < 1.29 is 5.11 Å². The highest BCUT2D eigenvalue weighted by Gasteiger charge is 2.11. The van der Waals surface area contributed by atoms with E-state index in [-0.39, 0.29) is 6.10 Å². The quantitative estimate of drug-likeness (QED) is 0.274. The summed E-state index contributed by atoms with van der Waals surface area (Å²) in [5, 5.41) is 9.56. The third-order valence-electron chi connectivity index (χ3n) is 6.45. The summed E-state index contributed by atoms with van der Waals surface area (Å²) in [7, 11) is 0. The van der Waals surface area contributed by atoms with Crippen molar-refractivity contribution in [3.05, 3.63) is 0 Å². The molecule has 158 valence electrons. The molecule has 0 fully saturated rings. The van der Waals surface area contributed by atoms with Crippen molar-refractivity contribution in [3.63, 3.8) is 0 Å². The zero-order chi connectivity index (χ0) is 19.9. The van der Waals surface area contributed by atoms with Gasteiger partial charge in [0.05, 0.1) is 6.10 Å². The average molecular weight is 369 g/mol. The Hall–Kier alpha value is -0.0400. The van der Waals surface area contributed by atoms with E-state index in [9.17, 15) is 5.11 Å². The molecule has 5 unspecified atom stereocenters. The molecular formula is C25H52O. The molecule has 0 bridgehead atoms. The number of hydrogen-bond acceptors (Lipinski definition) is 1. The Morgan fingerprint density at radius 3 is 1.08 bits per heavy atom.